The number of nitrogens with zero attached hydrogens (tertiary/aromatic N) is 2. The van der Waals surface area contributed by atoms with Crippen molar-refractivity contribution >= 4 is 5.69 Å². The number of hydrogen-bond acceptors (Lipinski definition) is 3. The van der Waals surface area contributed by atoms with Crippen LogP contribution in [0.5, 0.6) is 0 Å². The highest BCUT2D eigenvalue weighted by atomic mass is 19.1. The second-order valence-corrected chi connectivity index (χ2v) is 5.36. The molecule has 1 aromatic rings. The molecule has 0 fully saturated rings. The van der Waals surface area contributed by atoms with Crippen LogP contribution in [-0.4, -0.2) is 38.1 Å². The van der Waals surface area contributed by atoms with Gasteiger partial charge >= 0.3 is 0 Å². The second-order valence-electron chi connectivity index (χ2n) is 5.36. The average Bonchev–Trinajstić information content (AvgIpc) is 2.28. The molecule has 108 valence electrons. The maximum atomic E-state index is 14.0. The quantitative estimate of drug-likeness (QED) is 0.860. The van der Waals surface area contributed by atoms with Gasteiger partial charge in [0.05, 0.1) is 0 Å². The van der Waals surface area contributed by atoms with Crippen LogP contribution < -0.4 is 10.6 Å². The molecule has 0 aliphatic carbocycles. The Kier molecular flexibility index (Phi) is 5.76. The fraction of sp³-hybridized carbons (Fsp3) is 0.600. The summed E-state index contributed by atoms with van der Waals surface area (Å²) in [4.78, 5) is 4.35. The van der Waals surface area contributed by atoms with E-state index in [0.29, 0.717) is 11.6 Å². The lowest BCUT2D eigenvalue weighted by Crippen LogP contribution is -2.41. The van der Waals surface area contributed by atoms with E-state index in [1.807, 2.05) is 27.1 Å². The van der Waals surface area contributed by atoms with E-state index < -0.39 is 0 Å². The normalized spacial score (nSPS) is 14.5. The fourth-order valence-corrected chi connectivity index (χ4v) is 2.57. The fourth-order valence-electron chi connectivity index (χ4n) is 2.57. The van der Waals surface area contributed by atoms with Crippen molar-refractivity contribution in [1.29, 1.82) is 0 Å². The molecule has 19 heavy (non-hydrogen) atoms. The zero-order chi connectivity index (χ0) is 14.6. The van der Waals surface area contributed by atoms with Gasteiger partial charge in [-0.15, -0.1) is 0 Å². The summed E-state index contributed by atoms with van der Waals surface area (Å²) in [5.74, 6) is -0.219. The third kappa shape index (κ3) is 3.91. The summed E-state index contributed by atoms with van der Waals surface area (Å²) >= 11 is 0. The SMILES string of the molecule is CCN(c1cccc(F)c1[C@@H](C)N)C(C)CN(C)C. The van der Waals surface area contributed by atoms with E-state index in [4.69, 9.17) is 5.73 Å². The second kappa shape index (κ2) is 6.87. The Morgan fingerprint density at radius 1 is 1.26 bits per heavy atom. The maximum absolute atomic E-state index is 14.0. The first kappa shape index (κ1) is 15.9. The highest BCUT2D eigenvalue weighted by molar-refractivity contribution is 5.56. The Morgan fingerprint density at radius 3 is 2.37 bits per heavy atom. The van der Waals surface area contributed by atoms with E-state index in [9.17, 15) is 4.39 Å². The first-order chi connectivity index (χ1) is 8.88. The van der Waals surface area contributed by atoms with Crippen LogP contribution in [0.4, 0.5) is 10.1 Å². The molecule has 0 aromatic heterocycles. The summed E-state index contributed by atoms with van der Waals surface area (Å²) in [6, 6.07) is 5.18. The van der Waals surface area contributed by atoms with Crippen molar-refractivity contribution in [2.75, 3.05) is 32.1 Å². The van der Waals surface area contributed by atoms with Crippen molar-refractivity contribution in [3.05, 3.63) is 29.6 Å². The van der Waals surface area contributed by atoms with Crippen LogP contribution in [0, 0.1) is 5.82 Å². The van der Waals surface area contributed by atoms with Gasteiger partial charge in [0.15, 0.2) is 0 Å². The molecule has 1 unspecified atom stereocenters. The Hall–Kier alpha value is -1.13. The molecule has 0 radical (unpaired) electrons. The minimum absolute atomic E-state index is 0.219. The van der Waals surface area contributed by atoms with Gasteiger partial charge < -0.3 is 15.5 Å². The van der Waals surface area contributed by atoms with E-state index in [-0.39, 0.29) is 11.9 Å². The van der Waals surface area contributed by atoms with Crippen molar-refractivity contribution < 1.29 is 4.39 Å². The van der Waals surface area contributed by atoms with Crippen LogP contribution in [0.25, 0.3) is 0 Å². The van der Waals surface area contributed by atoms with Gasteiger partial charge in [0.2, 0.25) is 0 Å². The summed E-state index contributed by atoms with van der Waals surface area (Å²) in [6.45, 7) is 7.81. The third-order valence-electron chi connectivity index (χ3n) is 3.30. The van der Waals surface area contributed by atoms with Crippen LogP contribution in [-0.2, 0) is 0 Å². The summed E-state index contributed by atoms with van der Waals surface area (Å²) < 4.78 is 14.0. The summed E-state index contributed by atoms with van der Waals surface area (Å²) in [6.07, 6.45) is 0. The first-order valence-electron chi connectivity index (χ1n) is 6.83. The predicted octanol–water partition coefficient (Wildman–Crippen LogP) is 2.62. The molecule has 0 aliphatic rings. The summed E-state index contributed by atoms with van der Waals surface area (Å²) in [7, 11) is 4.09. The number of likely N-dealkylation sites (N-methyl/N-ethyl adjacent to an activating group) is 2. The molecular weight excluding hydrogens is 241 g/mol. The van der Waals surface area contributed by atoms with Crippen LogP contribution in [0.2, 0.25) is 0 Å². The van der Waals surface area contributed by atoms with Crippen molar-refractivity contribution in [1.82, 2.24) is 4.90 Å². The number of hydrogen-bond donors (Lipinski definition) is 1. The summed E-state index contributed by atoms with van der Waals surface area (Å²) in [5.41, 5.74) is 7.45. The third-order valence-corrected chi connectivity index (χ3v) is 3.30. The largest absolute Gasteiger partial charge is 0.367 e. The van der Waals surface area contributed by atoms with Crippen LogP contribution in [0.1, 0.15) is 32.4 Å². The lowest BCUT2D eigenvalue weighted by atomic mass is 10.0. The van der Waals surface area contributed by atoms with Gasteiger partial charge in [-0.25, -0.2) is 4.39 Å². The first-order valence-corrected chi connectivity index (χ1v) is 6.83. The highest BCUT2D eigenvalue weighted by Gasteiger charge is 2.20. The van der Waals surface area contributed by atoms with E-state index in [0.717, 1.165) is 18.8 Å². The Labute approximate surface area is 116 Å². The molecule has 0 spiro atoms. The standard InChI is InChI=1S/C15H26FN3/c1-6-19(11(2)10-18(4)5)14-9-7-8-13(16)15(14)12(3)17/h7-9,11-12H,6,10,17H2,1-5H3/t11?,12-/m1/s1. The van der Waals surface area contributed by atoms with Crippen molar-refractivity contribution in [2.45, 2.75) is 32.9 Å². The van der Waals surface area contributed by atoms with Gasteiger partial charge in [-0.05, 0) is 47.0 Å². The van der Waals surface area contributed by atoms with Gasteiger partial charge in [0, 0.05) is 36.4 Å². The number of rotatable bonds is 6. The van der Waals surface area contributed by atoms with E-state index >= 15 is 0 Å². The van der Waals surface area contributed by atoms with Gasteiger partial charge in [0.25, 0.3) is 0 Å². The minimum atomic E-state index is -0.309. The van der Waals surface area contributed by atoms with Gasteiger partial charge in [0.1, 0.15) is 5.82 Å². The summed E-state index contributed by atoms with van der Waals surface area (Å²) in [5, 5.41) is 0. The zero-order valence-corrected chi connectivity index (χ0v) is 12.7. The van der Waals surface area contributed by atoms with Crippen molar-refractivity contribution in [3.63, 3.8) is 0 Å². The lowest BCUT2D eigenvalue weighted by Gasteiger charge is -2.34. The topological polar surface area (TPSA) is 32.5 Å². The van der Waals surface area contributed by atoms with Crippen LogP contribution >= 0.6 is 0 Å². The monoisotopic (exact) mass is 267 g/mol. The molecule has 4 heteroatoms. The predicted molar refractivity (Wildman–Crippen MR) is 80.0 cm³/mol. The number of nitrogens with two attached hydrogens (primary N) is 1. The molecule has 2 atom stereocenters. The molecular formula is C15H26FN3. The molecule has 0 aliphatic heterocycles. The Balaban J connectivity index is 3.14. The van der Waals surface area contributed by atoms with E-state index in [1.54, 1.807) is 6.07 Å². The van der Waals surface area contributed by atoms with Crippen molar-refractivity contribution in [2.24, 2.45) is 5.73 Å². The molecule has 0 heterocycles. The van der Waals surface area contributed by atoms with Gasteiger partial charge in [-0.3, -0.25) is 0 Å². The van der Waals surface area contributed by atoms with Crippen molar-refractivity contribution in [3.8, 4) is 0 Å². The van der Waals surface area contributed by atoms with E-state index in [1.165, 1.54) is 6.07 Å². The van der Waals surface area contributed by atoms with Gasteiger partial charge in [-0.1, -0.05) is 6.07 Å². The smallest absolute Gasteiger partial charge is 0.130 e. The molecule has 1 rings (SSSR count). The molecule has 0 saturated heterocycles. The highest BCUT2D eigenvalue weighted by Crippen LogP contribution is 2.29. The Morgan fingerprint density at radius 2 is 1.89 bits per heavy atom. The van der Waals surface area contributed by atoms with Crippen LogP contribution in [0.15, 0.2) is 18.2 Å². The van der Waals surface area contributed by atoms with Gasteiger partial charge in [-0.2, -0.15) is 0 Å². The molecule has 2 N–H and O–H groups in total. The lowest BCUT2D eigenvalue weighted by molar-refractivity contribution is 0.372. The zero-order valence-electron chi connectivity index (χ0n) is 12.7. The molecule has 3 nitrogen and oxygen atoms in total. The molecule has 1 aromatic carbocycles. The molecule has 0 saturated carbocycles. The maximum Gasteiger partial charge on any atom is 0.130 e. The average molecular weight is 267 g/mol. The number of anilines is 1. The number of halogens is 1. The Bertz CT molecular complexity index is 404. The minimum Gasteiger partial charge on any atom is -0.367 e. The molecule has 0 amide bonds. The molecule has 0 bridgehead atoms. The van der Waals surface area contributed by atoms with E-state index in [2.05, 4.69) is 23.6 Å². The van der Waals surface area contributed by atoms with Crippen LogP contribution in [0.3, 0.4) is 0 Å². The number of benzene rings is 1.